The molecule has 1 N–H and O–H groups in total. The minimum atomic E-state index is -4.35. The Balaban J connectivity index is 1.87. The van der Waals surface area contributed by atoms with Gasteiger partial charge in [-0.25, -0.2) is 0 Å². The Morgan fingerprint density at radius 3 is 2.60 bits per heavy atom. The second kappa shape index (κ2) is 8.85. The van der Waals surface area contributed by atoms with Gasteiger partial charge in [0, 0.05) is 24.8 Å². The summed E-state index contributed by atoms with van der Waals surface area (Å²) in [6.07, 6.45) is 0.0797. The SMILES string of the molecule is CCCCN(C)C1CCN(C(=S)Nc2cccc(C(F)(F)F)c2)CC1. The van der Waals surface area contributed by atoms with Gasteiger partial charge in [-0.05, 0) is 63.3 Å². The number of hydrogen-bond acceptors (Lipinski definition) is 2. The third-order valence-corrected chi connectivity index (χ3v) is 5.04. The Kier molecular flexibility index (Phi) is 7.07. The smallest absolute Gasteiger partial charge is 0.349 e. The van der Waals surface area contributed by atoms with E-state index in [4.69, 9.17) is 12.2 Å². The van der Waals surface area contributed by atoms with Gasteiger partial charge >= 0.3 is 6.18 Å². The lowest BCUT2D eigenvalue weighted by Gasteiger charge is -2.38. The molecule has 1 saturated heterocycles. The molecule has 0 aromatic heterocycles. The van der Waals surface area contributed by atoms with E-state index in [0.29, 0.717) is 16.8 Å². The van der Waals surface area contributed by atoms with Crippen LogP contribution in [0.15, 0.2) is 24.3 Å². The number of halogens is 3. The van der Waals surface area contributed by atoms with Crippen LogP contribution in [0.4, 0.5) is 18.9 Å². The Morgan fingerprint density at radius 2 is 2.00 bits per heavy atom. The van der Waals surface area contributed by atoms with Crippen LogP contribution in [0.3, 0.4) is 0 Å². The molecule has 0 aliphatic carbocycles. The fraction of sp³-hybridized carbons (Fsp3) is 0.611. The normalized spacial score (nSPS) is 16.3. The molecule has 0 bridgehead atoms. The summed E-state index contributed by atoms with van der Waals surface area (Å²) in [6.45, 7) is 4.94. The Labute approximate surface area is 153 Å². The first kappa shape index (κ1) is 20.0. The highest BCUT2D eigenvalue weighted by Gasteiger charge is 2.30. The van der Waals surface area contributed by atoms with Crippen molar-refractivity contribution >= 4 is 23.0 Å². The minimum Gasteiger partial charge on any atom is -0.349 e. The van der Waals surface area contributed by atoms with Crippen LogP contribution in [0.2, 0.25) is 0 Å². The zero-order valence-electron chi connectivity index (χ0n) is 14.8. The molecule has 1 heterocycles. The van der Waals surface area contributed by atoms with E-state index in [1.165, 1.54) is 18.9 Å². The largest absolute Gasteiger partial charge is 0.416 e. The second-order valence-electron chi connectivity index (χ2n) is 6.56. The molecule has 1 aromatic rings. The summed E-state index contributed by atoms with van der Waals surface area (Å²) >= 11 is 5.39. The number of thiocarbonyl (C=S) groups is 1. The lowest BCUT2D eigenvalue weighted by atomic mass is 10.0. The molecule has 0 radical (unpaired) electrons. The molecule has 0 saturated carbocycles. The van der Waals surface area contributed by atoms with Crippen LogP contribution in [0, 0.1) is 0 Å². The number of likely N-dealkylation sites (tertiary alicyclic amines) is 1. The van der Waals surface area contributed by atoms with Gasteiger partial charge in [-0.1, -0.05) is 19.4 Å². The zero-order chi connectivity index (χ0) is 18.4. The van der Waals surface area contributed by atoms with Gasteiger partial charge in [0.1, 0.15) is 0 Å². The monoisotopic (exact) mass is 373 g/mol. The maximum atomic E-state index is 12.8. The highest BCUT2D eigenvalue weighted by Crippen LogP contribution is 2.30. The lowest BCUT2D eigenvalue weighted by Crippen LogP contribution is -2.47. The van der Waals surface area contributed by atoms with E-state index in [1.807, 2.05) is 4.90 Å². The van der Waals surface area contributed by atoms with Crippen molar-refractivity contribution in [2.75, 3.05) is 32.0 Å². The summed E-state index contributed by atoms with van der Waals surface area (Å²) in [5.74, 6) is 0. The second-order valence-corrected chi connectivity index (χ2v) is 6.95. The van der Waals surface area contributed by atoms with Crippen molar-refractivity contribution in [3.63, 3.8) is 0 Å². The molecule has 140 valence electrons. The molecule has 7 heteroatoms. The maximum Gasteiger partial charge on any atom is 0.416 e. The van der Waals surface area contributed by atoms with Gasteiger partial charge in [0.25, 0.3) is 0 Å². The number of nitrogens with zero attached hydrogens (tertiary/aromatic N) is 2. The van der Waals surface area contributed by atoms with Crippen LogP contribution in [0.25, 0.3) is 0 Å². The zero-order valence-corrected chi connectivity index (χ0v) is 15.6. The fourth-order valence-electron chi connectivity index (χ4n) is 3.08. The molecule has 0 unspecified atom stereocenters. The summed E-state index contributed by atoms with van der Waals surface area (Å²) in [5.41, 5.74) is -0.293. The average Bonchev–Trinajstić information content (AvgIpc) is 2.59. The Morgan fingerprint density at radius 1 is 1.32 bits per heavy atom. The van der Waals surface area contributed by atoms with Gasteiger partial charge in [0.05, 0.1) is 5.56 Å². The number of alkyl halides is 3. The maximum absolute atomic E-state index is 12.8. The Hall–Kier alpha value is -1.34. The van der Waals surface area contributed by atoms with Gasteiger partial charge < -0.3 is 15.1 Å². The van der Waals surface area contributed by atoms with Crippen LogP contribution in [0.1, 0.15) is 38.2 Å². The van der Waals surface area contributed by atoms with Crippen molar-refractivity contribution in [3.05, 3.63) is 29.8 Å². The predicted octanol–water partition coefficient (Wildman–Crippen LogP) is 4.60. The van der Waals surface area contributed by atoms with Gasteiger partial charge in [-0.15, -0.1) is 0 Å². The molecule has 1 aliphatic rings. The first-order valence-electron chi connectivity index (χ1n) is 8.74. The minimum absolute atomic E-state index is 0.377. The third-order valence-electron chi connectivity index (χ3n) is 4.68. The van der Waals surface area contributed by atoms with Crippen LogP contribution in [-0.4, -0.2) is 47.6 Å². The molecular formula is C18H26F3N3S. The summed E-state index contributed by atoms with van der Waals surface area (Å²) in [7, 11) is 2.16. The van der Waals surface area contributed by atoms with E-state index in [2.05, 4.69) is 24.2 Å². The van der Waals surface area contributed by atoms with Crippen LogP contribution < -0.4 is 5.32 Å². The topological polar surface area (TPSA) is 18.5 Å². The fourth-order valence-corrected chi connectivity index (χ4v) is 3.38. The number of anilines is 1. The molecule has 1 fully saturated rings. The summed E-state index contributed by atoms with van der Waals surface area (Å²) in [4.78, 5) is 4.45. The number of rotatable bonds is 5. The van der Waals surface area contributed by atoms with E-state index in [-0.39, 0.29) is 0 Å². The van der Waals surface area contributed by atoms with Crippen LogP contribution in [0.5, 0.6) is 0 Å². The van der Waals surface area contributed by atoms with Crippen molar-refractivity contribution in [2.24, 2.45) is 0 Å². The highest BCUT2D eigenvalue weighted by molar-refractivity contribution is 7.80. The highest BCUT2D eigenvalue weighted by atomic mass is 32.1. The van der Waals surface area contributed by atoms with Crippen molar-refractivity contribution < 1.29 is 13.2 Å². The summed E-state index contributed by atoms with van der Waals surface area (Å²) in [6, 6.07) is 5.71. The molecule has 0 atom stereocenters. The summed E-state index contributed by atoms with van der Waals surface area (Å²) < 4.78 is 38.4. The van der Waals surface area contributed by atoms with Crippen molar-refractivity contribution in [1.29, 1.82) is 0 Å². The molecular weight excluding hydrogens is 347 g/mol. The number of benzene rings is 1. The standard InChI is InChI=1S/C18H26F3N3S/c1-3-4-10-23(2)16-8-11-24(12-9-16)17(25)22-15-7-5-6-14(13-15)18(19,20)21/h5-7,13,16H,3-4,8-12H2,1-2H3,(H,22,25). The number of unbranched alkanes of at least 4 members (excludes halogenated alkanes) is 1. The average molecular weight is 373 g/mol. The van der Waals surface area contributed by atoms with Crippen molar-refractivity contribution in [2.45, 2.75) is 44.8 Å². The Bertz CT molecular complexity index is 569. The number of hydrogen-bond donors (Lipinski definition) is 1. The molecule has 2 rings (SSSR count). The van der Waals surface area contributed by atoms with Crippen LogP contribution in [-0.2, 0) is 6.18 Å². The molecule has 3 nitrogen and oxygen atoms in total. The lowest BCUT2D eigenvalue weighted by molar-refractivity contribution is -0.137. The van der Waals surface area contributed by atoms with E-state index in [9.17, 15) is 13.2 Å². The van der Waals surface area contributed by atoms with E-state index in [0.717, 1.165) is 44.6 Å². The molecule has 0 amide bonds. The third kappa shape index (κ3) is 5.85. The first-order valence-corrected chi connectivity index (χ1v) is 9.15. The van der Waals surface area contributed by atoms with Crippen molar-refractivity contribution in [1.82, 2.24) is 9.80 Å². The van der Waals surface area contributed by atoms with E-state index >= 15 is 0 Å². The van der Waals surface area contributed by atoms with Gasteiger partial charge in [-0.2, -0.15) is 13.2 Å². The number of piperidine rings is 1. The van der Waals surface area contributed by atoms with E-state index in [1.54, 1.807) is 6.07 Å². The van der Waals surface area contributed by atoms with Gasteiger partial charge in [-0.3, -0.25) is 0 Å². The van der Waals surface area contributed by atoms with Crippen LogP contribution >= 0.6 is 12.2 Å². The molecule has 0 spiro atoms. The van der Waals surface area contributed by atoms with Crippen molar-refractivity contribution in [3.8, 4) is 0 Å². The first-order chi connectivity index (χ1) is 11.8. The quantitative estimate of drug-likeness (QED) is 0.760. The molecule has 1 aromatic carbocycles. The summed E-state index contributed by atoms with van der Waals surface area (Å²) in [5, 5.41) is 3.44. The van der Waals surface area contributed by atoms with Gasteiger partial charge in [0.15, 0.2) is 5.11 Å². The predicted molar refractivity (Wildman–Crippen MR) is 99.8 cm³/mol. The number of nitrogens with one attached hydrogen (secondary N) is 1. The molecule has 1 aliphatic heterocycles. The van der Waals surface area contributed by atoms with E-state index < -0.39 is 11.7 Å². The molecule has 25 heavy (non-hydrogen) atoms. The van der Waals surface area contributed by atoms with Gasteiger partial charge in [0.2, 0.25) is 0 Å².